The molecular formula is C12H12ClF2N3. The number of aromatic nitrogens is 2. The van der Waals surface area contributed by atoms with Crippen LogP contribution >= 0.6 is 11.6 Å². The van der Waals surface area contributed by atoms with Crippen molar-refractivity contribution in [2.75, 3.05) is 5.32 Å². The second-order valence-corrected chi connectivity index (χ2v) is 4.35. The Labute approximate surface area is 108 Å². The molecule has 3 nitrogen and oxygen atoms in total. The molecule has 0 unspecified atom stereocenters. The van der Waals surface area contributed by atoms with Crippen molar-refractivity contribution in [1.82, 2.24) is 9.55 Å². The lowest BCUT2D eigenvalue weighted by atomic mass is 10.2. The largest absolute Gasteiger partial charge is 0.373 e. The molecule has 96 valence electrons. The number of anilines is 1. The number of imidazole rings is 1. The Morgan fingerprint density at radius 2 is 2.11 bits per heavy atom. The normalized spacial score (nSPS) is 10.7. The van der Waals surface area contributed by atoms with Crippen molar-refractivity contribution in [2.24, 2.45) is 7.05 Å². The maximum Gasteiger partial charge on any atom is 0.152 e. The van der Waals surface area contributed by atoms with E-state index in [0.717, 1.165) is 0 Å². The lowest BCUT2D eigenvalue weighted by Gasteiger charge is -2.10. The van der Waals surface area contributed by atoms with Gasteiger partial charge in [-0.2, -0.15) is 0 Å². The van der Waals surface area contributed by atoms with Crippen molar-refractivity contribution >= 4 is 17.3 Å². The van der Waals surface area contributed by atoms with Gasteiger partial charge in [0.1, 0.15) is 22.5 Å². The number of hydrogen-bond donors (Lipinski definition) is 1. The number of nitrogens with one attached hydrogen (secondary N) is 1. The molecule has 0 radical (unpaired) electrons. The molecule has 0 spiro atoms. The molecule has 0 bridgehead atoms. The van der Waals surface area contributed by atoms with Crippen molar-refractivity contribution in [3.8, 4) is 0 Å². The second kappa shape index (κ2) is 4.94. The number of hydrogen-bond acceptors (Lipinski definition) is 2. The average molecular weight is 272 g/mol. The first-order valence-corrected chi connectivity index (χ1v) is 5.73. The zero-order chi connectivity index (χ0) is 13.3. The predicted molar refractivity (Wildman–Crippen MR) is 66.6 cm³/mol. The minimum absolute atomic E-state index is 0.144. The summed E-state index contributed by atoms with van der Waals surface area (Å²) in [6.07, 6.45) is 1.49. The molecule has 0 fully saturated rings. The molecule has 18 heavy (non-hydrogen) atoms. The molecule has 1 aromatic heterocycles. The molecular weight excluding hydrogens is 260 g/mol. The Morgan fingerprint density at radius 1 is 1.39 bits per heavy atom. The molecule has 6 heteroatoms. The molecule has 1 N–H and O–H groups in total. The van der Waals surface area contributed by atoms with Gasteiger partial charge in [0.15, 0.2) is 5.82 Å². The van der Waals surface area contributed by atoms with Crippen LogP contribution in [-0.4, -0.2) is 9.55 Å². The van der Waals surface area contributed by atoms with E-state index < -0.39 is 11.6 Å². The van der Waals surface area contributed by atoms with E-state index in [4.69, 9.17) is 11.6 Å². The summed E-state index contributed by atoms with van der Waals surface area (Å²) in [5.74, 6) is -0.617. The zero-order valence-electron chi connectivity index (χ0n) is 9.97. The van der Waals surface area contributed by atoms with E-state index in [9.17, 15) is 8.78 Å². The summed E-state index contributed by atoms with van der Waals surface area (Å²) in [5, 5.41) is 3.17. The van der Waals surface area contributed by atoms with Gasteiger partial charge < -0.3 is 9.88 Å². The molecule has 1 aromatic carbocycles. The highest BCUT2D eigenvalue weighted by Gasteiger charge is 2.12. The number of nitrogens with zero attached hydrogens (tertiary/aromatic N) is 2. The summed E-state index contributed by atoms with van der Waals surface area (Å²) in [4.78, 5) is 4.04. The van der Waals surface area contributed by atoms with E-state index in [1.165, 1.54) is 18.3 Å². The Balaban J connectivity index is 2.21. The highest BCUT2D eigenvalue weighted by Crippen LogP contribution is 2.22. The van der Waals surface area contributed by atoms with Crippen LogP contribution in [0.1, 0.15) is 11.4 Å². The number of halogens is 3. The van der Waals surface area contributed by atoms with E-state index in [-0.39, 0.29) is 12.2 Å². The van der Waals surface area contributed by atoms with Gasteiger partial charge in [0, 0.05) is 7.05 Å². The molecule has 0 atom stereocenters. The molecule has 0 aliphatic rings. The summed E-state index contributed by atoms with van der Waals surface area (Å²) in [5.41, 5.74) is 0.242. The maximum atomic E-state index is 13.7. The summed E-state index contributed by atoms with van der Waals surface area (Å²) in [7, 11) is 1.73. The molecule has 0 saturated heterocycles. The minimum Gasteiger partial charge on any atom is -0.373 e. The van der Waals surface area contributed by atoms with E-state index >= 15 is 0 Å². The molecule has 0 saturated carbocycles. The van der Waals surface area contributed by atoms with Crippen molar-refractivity contribution in [3.63, 3.8) is 0 Å². The van der Waals surface area contributed by atoms with Gasteiger partial charge in [-0.15, -0.1) is 0 Å². The van der Waals surface area contributed by atoms with Gasteiger partial charge >= 0.3 is 0 Å². The minimum atomic E-state index is -0.626. The Morgan fingerprint density at radius 3 is 2.72 bits per heavy atom. The Bertz CT molecular complexity index is 581. The van der Waals surface area contributed by atoms with Gasteiger partial charge in [-0.25, -0.2) is 13.8 Å². The van der Waals surface area contributed by atoms with Crippen LogP contribution < -0.4 is 5.32 Å². The summed E-state index contributed by atoms with van der Waals surface area (Å²) < 4.78 is 28.8. The van der Waals surface area contributed by atoms with Crippen LogP contribution in [0.4, 0.5) is 14.5 Å². The van der Waals surface area contributed by atoms with Crippen molar-refractivity contribution in [1.29, 1.82) is 0 Å². The summed E-state index contributed by atoms with van der Waals surface area (Å²) in [6.45, 7) is 1.78. The standard InChI is InChI=1S/C12H12ClF2N3/c1-7-3-4-8(14)12(11(7)15)17-6-10-16-5-9(13)18(10)2/h3-5,17H,6H2,1-2H3. The van der Waals surface area contributed by atoms with E-state index in [1.54, 1.807) is 18.5 Å². The van der Waals surface area contributed by atoms with Crippen molar-refractivity contribution in [2.45, 2.75) is 13.5 Å². The monoisotopic (exact) mass is 271 g/mol. The first-order valence-electron chi connectivity index (χ1n) is 5.35. The van der Waals surface area contributed by atoms with Gasteiger partial charge in [-0.05, 0) is 18.6 Å². The Kier molecular flexibility index (Phi) is 3.52. The maximum absolute atomic E-state index is 13.7. The topological polar surface area (TPSA) is 29.9 Å². The zero-order valence-corrected chi connectivity index (χ0v) is 10.7. The highest BCUT2D eigenvalue weighted by atomic mass is 35.5. The Hall–Kier alpha value is -1.62. The quantitative estimate of drug-likeness (QED) is 0.928. The van der Waals surface area contributed by atoms with Gasteiger partial charge in [-0.1, -0.05) is 17.7 Å². The van der Waals surface area contributed by atoms with Crippen LogP contribution in [0.15, 0.2) is 18.3 Å². The van der Waals surface area contributed by atoms with Crippen molar-refractivity contribution < 1.29 is 8.78 Å². The van der Waals surface area contributed by atoms with E-state index in [2.05, 4.69) is 10.3 Å². The SMILES string of the molecule is Cc1ccc(F)c(NCc2ncc(Cl)n2C)c1F. The molecule has 1 heterocycles. The van der Waals surface area contributed by atoms with Gasteiger partial charge in [0.2, 0.25) is 0 Å². The lowest BCUT2D eigenvalue weighted by molar-refractivity contribution is 0.581. The fraction of sp³-hybridized carbons (Fsp3) is 0.250. The van der Waals surface area contributed by atoms with Crippen molar-refractivity contribution in [3.05, 3.63) is 46.5 Å². The first kappa shape index (κ1) is 12.8. The van der Waals surface area contributed by atoms with E-state index in [1.807, 2.05) is 0 Å². The van der Waals surface area contributed by atoms with Crippen LogP contribution in [0.2, 0.25) is 5.15 Å². The fourth-order valence-electron chi connectivity index (χ4n) is 1.57. The second-order valence-electron chi connectivity index (χ2n) is 3.96. The molecule has 0 aliphatic carbocycles. The smallest absolute Gasteiger partial charge is 0.152 e. The average Bonchev–Trinajstić information content (AvgIpc) is 2.66. The number of benzene rings is 1. The fourth-order valence-corrected chi connectivity index (χ4v) is 1.72. The first-order chi connectivity index (χ1) is 8.50. The molecule has 2 aromatic rings. The lowest BCUT2D eigenvalue weighted by Crippen LogP contribution is -2.09. The van der Waals surface area contributed by atoms with Gasteiger partial charge in [-0.3, -0.25) is 0 Å². The van der Waals surface area contributed by atoms with Crippen LogP contribution in [-0.2, 0) is 13.6 Å². The van der Waals surface area contributed by atoms with E-state index in [0.29, 0.717) is 16.5 Å². The molecule has 0 aliphatic heterocycles. The number of rotatable bonds is 3. The highest BCUT2D eigenvalue weighted by molar-refractivity contribution is 6.29. The third kappa shape index (κ3) is 2.31. The third-order valence-corrected chi connectivity index (χ3v) is 3.09. The van der Waals surface area contributed by atoms with Gasteiger partial charge in [0.05, 0.1) is 12.7 Å². The van der Waals surface area contributed by atoms with Crippen LogP contribution in [0.3, 0.4) is 0 Å². The number of aryl methyl sites for hydroxylation is 1. The molecule has 0 amide bonds. The third-order valence-electron chi connectivity index (χ3n) is 2.74. The van der Waals surface area contributed by atoms with Crippen LogP contribution in [0.5, 0.6) is 0 Å². The van der Waals surface area contributed by atoms with Gasteiger partial charge in [0.25, 0.3) is 0 Å². The summed E-state index contributed by atoms with van der Waals surface area (Å²) >= 11 is 5.82. The van der Waals surface area contributed by atoms with Crippen LogP contribution in [0.25, 0.3) is 0 Å². The predicted octanol–water partition coefficient (Wildman–Crippen LogP) is 3.27. The molecule has 2 rings (SSSR count). The summed E-state index contributed by atoms with van der Waals surface area (Å²) in [6, 6.07) is 2.62. The van der Waals surface area contributed by atoms with Crippen LogP contribution in [0, 0.1) is 18.6 Å².